The number of guanidine groups is 1. The fourth-order valence-electron chi connectivity index (χ4n) is 4.13. The van der Waals surface area contributed by atoms with Crippen LogP contribution in [0.2, 0.25) is 0 Å². The van der Waals surface area contributed by atoms with Gasteiger partial charge in [-0.2, -0.15) is 0 Å². The molecule has 2 aliphatic rings. The number of nitrogens with one attached hydrogen (secondary N) is 1. The molecule has 0 radical (unpaired) electrons. The van der Waals surface area contributed by atoms with Gasteiger partial charge < -0.3 is 10.2 Å². The van der Waals surface area contributed by atoms with Gasteiger partial charge in [-0.25, -0.2) is 8.42 Å². The summed E-state index contributed by atoms with van der Waals surface area (Å²) < 4.78 is 24.0. The molecule has 1 aromatic heterocycles. The van der Waals surface area contributed by atoms with Gasteiger partial charge in [0.2, 0.25) is 0 Å². The van der Waals surface area contributed by atoms with Crippen molar-refractivity contribution in [3.8, 4) is 0 Å². The number of rotatable bonds is 5. The van der Waals surface area contributed by atoms with Crippen LogP contribution in [0.15, 0.2) is 22.5 Å². The van der Waals surface area contributed by atoms with Crippen molar-refractivity contribution in [2.45, 2.75) is 51.3 Å². The second-order valence-corrected chi connectivity index (χ2v) is 12.7. The van der Waals surface area contributed by atoms with Crippen LogP contribution in [0.3, 0.4) is 0 Å². The SMILES string of the molecule is CCNC(=NCC(c1cccs1)N1CCC(C)CC1)N1CCS(=O)(=O)C(C)(C)C1.I. The Labute approximate surface area is 203 Å². The molecule has 9 heteroatoms. The first-order chi connectivity index (χ1) is 13.7. The van der Waals surface area contributed by atoms with Crippen molar-refractivity contribution in [2.75, 3.05) is 45.0 Å². The molecule has 6 nitrogen and oxygen atoms in total. The fourth-order valence-corrected chi connectivity index (χ4v) is 6.35. The zero-order valence-corrected chi connectivity index (χ0v) is 22.6. The van der Waals surface area contributed by atoms with Crippen LogP contribution >= 0.6 is 35.3 Å². The second-order valence-electron chi connectivity index (χ2n) is 8.94. The van der Waals surface area contributed by atoms with Gasteiger partial charge >= 0.3 is 0 Å². The lowest BCUT2D eigenvalue weighted by Gasteiger charge is -2.39. The van der Waals surface area contributed by atoms with Crippen LogP contribution in [0.4, 0.5) is 0 Å². The Balaban J connectivity index is 0.00000320. The Hall–Kier alpha value is -0.390. The van der Waals surface area contributed by atoms with Gasteiger partial charge in [-0.15, -0.1) is 35.3 Å². The molecule has 0 aromatic carbocycles. The molecule has 3 heterocycles. The minimum absolute atomic E-state index is 0. The molecule has 1 unspecified atom stereocenters. The highest BCUT2D eigenvalue weighted by atomic mass is 127. The number of likely N-dealkylation sites (tertiary alicyclic amines) is 1. The molecule has 0 saturated carbocycles. The van der Waals surface area contributed by atoms with E-state index < -0.39 is 14.6 Å². The van der Waals surface area contributed by atoms with Crippen molar-refractivity contribution < 1.29 is 8.42 Å². The standard InChI is InChI=1S/C21H36N4O2S2.HI/c1-5-22-20(25-12-14-29(26,27)21(3,4)16-25)23-15-18(19-7-6-13-28-19)24-10-8-17(2)9-11-24;/h6-7,13,17-18H,5,8-12,14-16H2,1-4H3,(H,22,23);1H. The molecular weight excluding hydrogens is 531 g/mol. The maximum absolute atomic E-state index is 12.4. The van der Waals surface area contributed by atoms with E-state index in [0.29, 0.717) is 19.6 Å². The Morgan fingerprint density at radius 1 is 1.33 bits per heavy atom. The Kier molecular flexibility index (Phi) is 9.45. The lowest BCUT2D eigenvalue weighted by molar-refractivity contribution is 0.143. The van der Waals surface area contributed by atoms with Crippen molar-refractivity contribution >= 4 is 51.1 Å². The Morgan fingerprint density at radius 3 is 2.60 bits per heavy atom. The smallest absolute Gasteiger partial charge is 0.194 e. The van der Waals surface area contributed by atoms with E-state index in [1.807, 2.05) is 13.8 Å². The van der Waals surface area contributed by atoms with E-state index in [2.05, 4.69) is 46.5 Å². The van der Waals surface area contributed by atoms with E-state index >= 15 is 0 Å². The number of thiophene rings is 1. The zero-order valence-electron chi connectivity index (χ0n) is 18.6. The number of aliphatic imine (C=N–C) groups is 1. The molecule has 0 aliphatic carbocycles. The van der Waals surface area contributed by atoms with Crippen molar-refractivity contribution in [2.24, 2.45) is 10.9 Å². The monoisotopic (exact) mass is 568 g/mol. The van der Waals surface area contributed by atoms with E-state index in [1.54, 1.807) is 11.3 Å². The highest BCUT2D eigenvalue weighted by molar-refractivity contribution is 14.0. The first kappa shape index (κ1) is 25.9. The predicted octanol–water partition coefficient (Wildman–Crippen LogP) is 3.61. The van der Waals surface area contributed by atoms with Crippen molar-refractivity contribution in [3.05, 3.63) is 22.4 Å². The summed E-state index contributed by atoms with van der Waals surface area (Å²) in [6.07, 6.45) is 2.48. The van der Waals surface area contributed by atoms with E-state index in [1.165, 1.54) is 17.7 Å². The summed E-state index contributed by atoms with van der Waals surface area (Å²) in [6, 6.07) is 4.62. The number of hydrogen-bond acceptors (Lipinski definition) is 5. The molecule has 1 aromatic rings. The zero-order chi connectivity index (χ0) is 21.1. The molecule has 0 amide bonds. The minimum Gasteiger partial charge on any atom is -0.357 e. The van der Waals surface area contributed by atoms with Crippen molar-refractivity contribution in [1.82, 2.24) is 15.1 Å². The number of nitrogens with zero attached hydrogens (tertiary/aromatic N) is 3. The molecule has 172 valence electrons. The highest BCUT2D eigenvalue weighted by Crippen LogP contribution is 2.30. The van der Waals surface area contributed by atoms with E-state index in [-0.39, 0.29) is 35.8 Å². The van der Waals surface area contributed by atoms with Gasteiger partial charge in [0.25, 0.3) is 0 Å². The van der Waals surface area contributed by atoms with Gasteiger partial charge in [0.15, 0.2) is 15.8 Å². The predicted molar refractivity (Wildman–Crippen MR) is 138 cm³/mol. The lowest BCUT2D eigenvalue weighted by Crippen LogP contribution is -2.57. The number of halogens is 1. The quantitative estimate of drug-likeness (QED) is 0.334. The number of sulfone groups is 1. The summed E-state index contributed by atoms with van der Waals surface area (Å²) in [5.41, 5.74) is 0. The molecule has 2 fully saturated rings. The van der Waals surface area contributed by atoms with Crippen LogP contribution in [-0.4, -0.2) is 73.9 Å². The Bertz CT molecular complexity index is 788. The number of piperidine rings is 1. The summed E-state index contributed by atoms with van der Waals surface area (Å²) in [4.78, 5) is 11.1. The minimum atomic E-state index is -3.06. The van der Waals surface area contributed by atoms with E-state index in [0.717, 1.165) is 31.5 Å². The fraction of sp³-hybridized carbons (Fsp3) is 0.762. The summed E-state index contributed by atoms with van der Waals surface area (Å²) in [5.74, 6) is 1.82. The number of hydrogen-bond donors (Lipinski definition) is 1. The van der Waals surface area contributed by atoms with Crippen LogP contribution in [0.25, 0.3) is 0 Å². The van der Waals surface area contributed by atoms with Crippen LogP contribution in [0.5, 0.6) is 0 Å². The first-order valence-electron chi connectivity index (χ1n) is 10.8. The molecule has 3 rings (SSSR count). The molecule has 30 heavy (non-hydrogen) atoms. The largest absolute Gasteiger partial charge is 0.357 e. The van der Waals surface area contributed by atoms with Crippen molar-refractivity contribution in [1.29, 1.82) is 0 Å². The molecule has 1 N–H and O–H groups in total. The van der Waals surface area contributed by atoms with E-state index in [4.69, 9.17) is 4.99 Å². The third-order valence-corrected chi connectivity index (χ3v) is 9.73. The summed E-state index contributed by atoms with van der Waals surface area (Å²) in [5, 5.41) is 5.53. The Morgan fingerprint density at radius 2 is 2.03 bits per heavy atom. The summed E-state index contributed by atoms with van der Waals surface area (Å²) in [6.45, 7) is 12.7. The van der Waals surface area contributed by atoms with Gasteiger partial charge in [-0.05, 0) is 64.1 Å². The molecule has 2 aliphatic heterocycles. The van der Waals surface area contributed by atoms with Gasteiger partial charge in [0.05, 0.1) is 23.1 Å². The van der Waals surface area contributed by atoms with Crippen LogP contribution < -0.4 is 5.32 Å². The van der Waals surface area contributed by atoms with Crippen LogP contribution in [0, 0.1) is 5.92 Å². The third-order valence-electron chi connectivity index (χ3n) is 6.22. The van der Waals surface area contributed by atoms with Gasteiger partial charge in [-0.1, -0.05) is 13.0 Å². The molecule has 0 spiro atoms. The van der Waals surface area contributed by atoms with Crippen LogP contribution in [0.1, 0.15) is 51.5 Å². The summed E-state index contributed by atoms with van der Waals surface area (Å²) >= 11 is 1.80. The maximum Gasteiger partial charge on any atom is 0.194 e. The summed E-state index contributed by atoms with van der Waals surface area (Å²) in [7, 11) is -3.06. The second kappa shape index (κ2) is 11.0. The molecule has 0 bridgehead atoms. The highest BCUT2D eigenvalue weighted by Gasteiger charge is 2.41. The van der Waals surface area contributed by atoms with Crippen molar-refractivity contribution in [3.63, 3.8) is 0 Å². The normalized spacial score (nSPS) is 23.6. The van der Waals surface area contributed by atoms with Gasteiger partial charge in [0.1, 0.15) is 0 Å². The first-order valence-corrected chi connectivity index (χ1v) is 13.3. The molecular formula is C21H37IN4O2S2. The molecule has 1 atom stereocenters. The van der Waals surface area contributed by atoms with Crippen LogP contribution in [-0.2, 0) is 9.84 Å². The lowest BCUT2D eigenvalue weighted by atomic mass is 9.97. The van der Waals surface area contributed by atoms with Gasteiger partial charge in [-0.3, -0.25) is 9.89 Å². The van der Waals surface area contributed by atoms with E-state index in [9.17, 15) is 8.42 Å². The average molecular weight is 569 g/mol. The molecule has 2 saturated heterocycles. The van der Waals surface area contributed by atoms with Gasteiger partial charge in [0, 0.05) is 24.5 Å². The maximum atomic E-state index is 12.4. The third kappa shape index (κ3) is 6.10. The average Bonchev–Trinajstić information content (AvgIpc) is 3.19. The topological polar surface area (TPSA) is 65.0 Å².